The van der Waals surface area contributed by atoms with E-state index in [4.69, 9.17) is 10.6 Å². The fourth-order valence-corrected chi connectivity index (χ4v) is 3.11. The van der Waals surface area contributed by atoms with Crippen LogP contribution in [0.25, 0.3) is 0 Å². The molecule has 2 atom stereocenters. The van der Waals surface area contributed by atoms with Gasteiger partial charge in [0.05, 0.1) is 13.2 Å². The summed E-state index contributed by atoms with van der Waals surface area (Å²) in [5.74, 6) is 6.44. The van der Waals surface area contributed by atoms with E-state index in [9.17, 15) is 0 Å². The van der Waals surface area contributed by atoms with E-state index in [2.05, 4.69) is 27.1 Å². The number of piperazine rings is 1. The van der Waals surface area contributed by atoms with Crippen molar-refractivity contribution in [1.29, 1.82) is 0 Å². The van der Waals surface area contributed by atoms with Crippen molar-refractivity contribution in [2.75, 3.05) is 39.9 Å². The van der Waals surface area contributed by atoms with E-state index in [0.29, 0.717) is 25.2 Å². The first-order valence-corrected chi connectivity index (χ1v) is 7.27. The van der Waals surface area contributed by atoms with Crippen LogP contribution in [0.1, 0.15) is 26.2 Å². The molecule has 2 aliphatic rings. The average molecular weight is 269 g/mol. The molecule has 2 saturated heterocycles. The molecule has 6 heteroatoms. The summed E-state index contributed by atoms with van der Waals surface area (Å²) in [4.78, 5) is 9.43. The van der Waals surface area contributed by atoms with Crippen LogP contribution in [-0.2, 0) is 4.74 Å². The van der Waals surface area contributed by atoms with E-state index in [1.54, 1.807) is 7.11 Å². The molecule has 2 fully saturated rings. The number of ether oxygens (including phenoxy) is 1. The zero-order valence-corrected chi connectivity index (χ0v) is 12.1. The SMILES string of the molecule is COCCN=C(NN)N1CC2CCCCN2CC1C. The number of rotatable bonds is 3. The second-order valence-electron chi connectivity index (χ2n) is 5.49. The Morgan fingerprint density at radius 3 is 3.00 bits per heavy atom. The number of nitrogens with two attached hydrogens (primary N) is 1. The maximum atomic E-state index is 5.64. The number of guanidine groups is 1. The zero-order chi connectivity index (χ0) is 13.7. The van der Waals surface area contributed by atoms with Crippen molar-refractivity contribution in [3.63, 3.8) is 0 Å². The Labute approximate surface area is 115 Å². The minimum atomic E-state index is 0.451. The van der Waals surface area contributed by atoms with Gasteiger partial charge in [0.2, 0.25) is 5.96 Å². The number of hydrazine groups is 1. The first kappa shape index (κ1) is 14.6. The first-order valence-electron chi connectivity index (χ1n) is 7.27. The quantitative estimate of drug-likeness (QED) is 0.248. The monoisotopic (exact) mass is 269 g/mol. The molecule has 19 heavy (non-hydrogen) atoms. The summed E-state index contributed by atoms with van der Waals surface area (Å²) in [5.41, 5.74) is 2.76. The molecule has 2 unspecified atom stereocenters. The first-order chi connectivity index (χ1) is 9.26. The van der Waals surface area contributed by atoms with Crippen molar-refractivity contribution in [2.24, 2.45) is 10.8 Å². The number of methoxy groups -OCH3 is 1. The molecule has 0 aliphatic carbocycles. The number of hydrogen-bond acceptors (Lipinski definition) is 4. The molecule has 0 spiro atoms. The molecule has 110 valence electrons. The van der Waals surface area contributed by atoms with Gasteiger partial charge in [-0.25, -0.2) is 10.8 Å². The Morgan fingerprint density at radius 1 is 1.42 bits per heavy atom. The average Bonchev–Trinajstić information content (AvgIpc) is 2.43. The fraction of sp³-hybridized carbons (Fsp3) is 0.923. The number of aliphatic imine (C=N–C) groups is 1. The van der Waals surface area contributed by atoms with Crippen molar-refractivity contribution < 1.29 is 4.74 Å². The summed E-state index contributed by atoms with van der Waals surface area (Å²) < 4.78 is 5.03. The smallest absolute Gasteiger partial charge is 0.208 e. The van der Waals surface area contributed by atoms with Gasteiger partial charge in [0.1, 0.15) is 0 Å². The van der Waals surface area contributed by atoms with Crippen molar-refractivity contribution in [3.05, 3.63) is 0 Å². The molecule has 2 rings (SSSR count). The van der Waals surface area contributed by atoms with Crippen LogP contribution in [0.5, 0.6) is 0 Å². The van der Waals surface area contributed by atoms with Gasteiger partial charge in [0.15, 0.2) is 0 Å². The molecule has 0 saturated carbocycles. The highest BCUT2D eigenvalue weighted by Gasteiger charge is 2.34. The van der Waals surface area contributed by atoms with E-state index in [1.807, 2.05) is 0 Å². The van der Waals surface area contributed by atoms with Crippen LogP contribution >= 0.6 is 0 Å². The molecular weight excluding hydrogens is 242 g/mol. The minimum Gasteiger partial charge on any atom is -0.383 e. The number of nitrogens with one attached hydrogen (secondary N) is 1. The third kappa shape index (κ3) is 3.58. The Balaban J connectivity index is 1.99. The van der Waals surface area contributed by atoms with Gasteiger partial charge in [0.25, 0.3) is 0 Å². The molecule has 2 aliphatic heterocycles. The summed E-state index contributed by atoms with van der Waals surface area (Å²) >= 11 is 0. The van der Waals surface area contributed by atoms with Crippen molar-refractivity contribution in [1.82, 2.24) is 15.2 Å². The van der Waals surface area contributed by atoms with E-state index >= 15 is 0 Å². The molecule has 0 aromatic heterocycles. The lowest BCUT2D eigenvalue weighted by molar-refractivity contribution is 0.0484. The summed E-state index contributed by atoms with van der Waals surface area (Å²) in [7, 11) is 1.69. The standard InChI is InChI=1S/C13H27N5O/c1-11-9-17-7-4-3-5-12(17)10-18(11)13(16-14)15-6-8-19-2/h11-12H,3-10,14H2,1-2H3,(H,15,16). The Kier molecular flexibility index (Phi) is 5.42. The van der Waals surface area contributed by atoms with Crippen LogP contribution in [0.4, 0.5) is 0 Å². The zero-order valence-electron chi connectivity index (χ0n) is 12.1. The Bertz CT molecular complexity index is 309. The van der Waals surface area contributed by atoms with E-state index < -0.39 is 0 Å². The topological polar surface area (TPSA) is 66.1 Å². The maximum Gasteiger partial charge on any atom is 0.208 e. The molecule has 0 amide bonds. The molecule has 0 aromatic carbocycles. The van der Waals surface area contributed by atoms with Gasteiger partial charge < -0.3 is 9.64 Å². The fourth-order valence-electron chi connectivity index (χ4n) is 3.11. The largest absolute Gasteiger partial charge is 0.383 e. The van der Waals surface area contributed by atoms with E-state index in [1.165, 1.54) is 25.8 Å². The molecule has 0 radical (unpaired) electrons. The summed E-state index contributed by atoms with van der Waals surface area (Å²) in [6, 6.07) is 1.11. The second-order valence-corrected chi connectivity index (χ2v) is 5.49. The lowest BCUT2D eigenvalue weighted by Gasteiger charge is -2.48. The molecule has 3 N–H and O–H groups in total. The summed E-state index contributed by atoms with van der Waals surface area (Å²) in [5, 5.41) is 0. The predicted octanol–water partition coefficient (Wildman–Crippen LogP) is 0.0107. The number of fused-ring (bicyclic) bond motifs is 1. The molecule has 2 heterocycles. The van der Waals surface area contributed by atoms with Crippen molar-refractivity contribution in [3.8, 4) is 0 Å². The highest BCUT2D eigenvalue weighted by Crippen LogP contribution is 2.23. The highest BCUT2D eigenvalue weighted by molar-refractivity contribution is 5.79. The van der Waals surface area contributed by atoms with Crippen LogP contribution in [0.3, 0.4) is 0 Å². The van der Waals surface area contributed by atoms with Gasteiger partial charge in [-0.1, -0.05) is 6.42 Å². The predicted molar refractivity (Wildman–Crippen MR) is 76.9 cm³/mol. The van der Waals surface area contributed by atoms with E-state index in [0.717, 1.165) is 19.0 Å². The van der Waals surface area contributed by atoms with Crippen LogP contribution < -0.4 is 11.3 Å². The van der Waals surface area contributed by atoms with Crippen LogP contribution in [0.2, 0.25) is 0 Å². The summed E-state index contributed by atoms with van der Waals surface area (Å²) in [6.07, 6.45) is 3.97. The maximum absolute atomic E-state index is 5.64. The number of hydrogen-bond donors (Lipinski definition) is 2. The van der Waals surface area contributed by atoms with Gasteiger partial charge in [-0.15, -0.1) is 0 Å². The number of piperidine rings is 1. The van der Waals surface area contributed by atoms with Crippen molar-refractivity contribution >= 4 is 5.96 Å². The lowest BCUT2D eigenvalue weighted by Crippen LogP contribution is -2.62. The van der Waals surface area contributed by atoms with Crippen molar-refractivity contribution in [2.45, 2.75) is 38.3 Å². The van der Waals surface area contributed by atoms with Crippen LogP contribution in [0, 0.1) is 0 Å². The van der Waals surface area contributed by atoms with E-state index in [-0.39, 0.29) is 0 Å². The van der Waals surface area contributed by atoms with Gasteiger partial charge in [0, 0.05) is 32.3 Å². The molecular formula is C13H27N5O. The van der Waals surface area contributed by atoms with Gasteiger partial charge in [-0.3, -0.25) is 10.3 Å². The van der Waals surface area contributed by atoms with Gasteiger partial charge >= 0.3 is 0 Å². The normalized spacial score (nSPS) is 29.2. The Hall–Kier alpha value is -0.850. The third-order valence-corrected chi connectivity index (χ3v) is 4.15. The second kappa shape index (κ2) is 7.07. The van der Waals surface area contributed by atoms with Crippen LogP contribution in [-0.4, -0.2) is 67.7 Å². The summed E-state index contributed by atoms with van der Waals surface area (Å²) in [6.45, 7) is 6.90. The lowest BCUT2D eigenvalue weighted by atomic mass is 9.97. The van der Waals surface area contributed by atoms with Gasteiger partial charge in [-0.2, -0.15) is 0 Å². The molecule has 0 aromatic rings. The molecule has 0 bridgehead atoms. The highest BCUT2D eigenvalue weighted by atomic mass is 16.5. The third-order valence-electron chi connectivity index (χ3n) is 4.15. The minimum absolute atomic E-state index is 0.451. The Morgan fingerprint density at radius 2 is 2.26 bits per heavy atom. The number of nitrogens with zero attached hydrogens (tertiary/aromatic N) is 3. The molecule has 6 nitrogen and oxygen atoms in total. The van der Waals surface area contributed by atoms with Gasteiger partial charge in [-0.05, 0) is 26.3 Å². The van der Waals surface area contributed by atoms with Crippen LogP contribution in [0.15, 0.2) is 4.99 Å².